The topological polar surface area (TPSA) is 75.4 Å². The minimum atomic E-state index is -4.21. The molecule has 1 saturated carbocycles. The lowest BCUT2D eigenvalue weighted by Crippen LogP contribution is -2.48. The number of halogens is 3. The zero-order valence-corrected chi connectivity index (χ0v) is 13.1. The van der Waals surface area contributed by atoms with Gasteiger partial charge >= 0.3 is 6.18 Å². The minimum Gasteiger partial charge on any atom is -0.369 e. The molecule has 2 rings (SSSR count). The molecule has 2 atom stereocenters. The van der Waals surface area contributed by atoms with Crippen LogP contribution in [0.3, 0.4) is 0 Å². The van der Waals surface area contributed by atoms with E-state index in [1.54, 1.807) is 0 Å². The molecular formula is C15H24F3N3O2. The predicted octanol–water partition coefficient (Wildman–Crippen LogP) is 1.42. The maximum atomic E-state index is 12.8. The molecule has 23 heavy (non-hydrogen) atoms. The van der Waals surface area contributed by atoms with Crippen molar-refractivity contribution in [2.75, 3.05) is 19.6 Å². The number of nitrogens with one attached hydrogen (secondary N) is 1. The molecule has 0 spiro atoms. The van der Waals surface area contributed by atoms with Crippen LogP contribution in [0.15, 0.2) is 0 Å². The number of carbonyl (C=O) groups excluding carboxylic acids is 2. The largest absolute Gasteiger partial charge is 0.391 e. The zero-order valence-electron chi connectivity index (χ0n) is 13.1. The molecule has 2 fully saturated rings. The fourth-order valence-corrected chi connectivity index (χ4v) is 3.50. The summed E-state index contributed by atoms with van der Waals surface area (Å²) in [6.45, 7) is 1.52. The first kappa shape index (κ1) is 18.0. The van der Waals surface area contributed by atoms with Gasteiger partial charge in [-0.25, -0.2) is 0 Å². The van der Waals surface area contributed by atoms with E-state index in [4.69, 9.17) is 5.73 Å². The van der Waals surface area contributed by atoms with Crippen LogP contribution in [0.1, 0.15) is 38.5 Å². The van der Waals surface area contributed by atoms with Gasteiger partial charge in [-0.2, -0.15) is 13.2 Å². The number of hydrogen-bond donors (Lipinski definition) is 2. The standard InChI is InChI=1S/C15H24F3N3O2/c16-15(17,18)11-3-1-2-10(8-11)14(23)20-12-4-6-21(7-5-12)9-13(19)22/h10-12H,1-9H2,(H2,19,22)(H,20,23)/t10-,11-/m0/s1. The van der Waals surface area contributed by atoms with Crippen molar-refractivity contribution >= 4 is 11.8 Å². The average molecular weight is 335 g/mol. The van der Waals surface area contributed by atoms with Crippen molar-refractivity contribution < 1.29 is 22.8 Å². The Kier molecular flexibility index (Phi) is 5.89. The van der Waals surface area contributed by atoms with Crippen molar-refractivity contribution in [1.82, 2.24) is 10.2 Å². The molecule has 2 aliphatic rings. The van der Waals surface area contributed by atoms with Gasteiger partial charge in [-0.3, -0.25) is 14.5 Å². The van der Waals surface area contributed by atoms with Gasteiger partial charge in [0.1, 0.15) is 0 Å². The van der Waals surface area contributed by atoms with Crippen LogP contribution in [0.4, 0.5) is 13.2 Å². The molecule has 132 valence electrons. The molecule has 0 aromatic carbocycles. The van der Waals surface area contributed by atoms with Crippen molar-refractivity contribution in [3.05, 3.63) is 0 Å². The lowest BCUT2D eigenvalue weighted by Gasteiger charge is -2.34. The number of primary amides is 1. The van der Waals surface area contributed by atoms with Gasteiger partial charge in [-0.15, -0.1) is 0 Å². The summed E-state index contributed by atoms with van der Waals surface area (Å²) >= 11 is 0. The second-order valence-corrected chi connectivity index (χ2v) is 6.63. The SMILES string of the molecule is NC(=O)CN1CCC(NC(=O)[C@H]2CCC[C@H](C(F)(F)F)C2)CC1. The number of amides is 2. The van der Waals surface area contributed by atoms with Crippen LogP contribution in [-0.4, -0.2) is 48.6 Å². The van der Waals surface area contributed by atoms with E-state index in [0.717, 1.165) is 0 Å². The second kappa shape index (κ2) is 7.51. The lowest BCUT2D eigenvalue weighted by molar-refractivity contribution is -0.186. The number of piperidine rings is 1. The highest BCUT2D eigenvalue weighted by Gasteiger charge is 2.43. The molecular weight excluding hydrogens is 311 g/mol. The Morgan fingerprint density at radius 3 is 2.35 bits per heavy atom. The predicted molar refractivity (Wildman–Crippen MR) is 78.3 cm³/mol. The summed E-state index contributed by atoms with van der Waals surface area (Å²) < 4.78 is 38.4. The number of carbonyl (C=O) groups is 2. The third kappa shape index (κ3) is 5.37. The number of alkyl halides is 3. The molecule has 1 aliphatic heterocycles. The summed E-state index contributed by atoms with van der Waals surface area (Å²) in [6.07, 6.45) is -1.84. The van der Waals surface area contributed by atoms with Gasteiger partial charge in [0.05, 0.1) is 12.5 Å². The first-order valence-corrected chi connectivity index (χ1v) is 8.13. The van der Waals surface area contributed by atoms with Crippen molar-refractivity contribution in [3.8, 4) is 0 Å². The molecule has 5 nitrogen and oxygen atoms in total. The van der Waals surface area contributed by atoms with E-state index in [9.17, 15) is 22.8 Å². The smallest absolute Gasteiger partial charge is 0.369 e. The van der Waals surface area contributed by atoms with Crippen molar-refractivity contribution in [1.29, 1.82) is 0 Å². The quantitative estimate of drug-likeness (QED) is 0.816. The number of nitrogens with two attached hydrogens (primary N) is 1. The molecule has 3 N–H and O–H groups in total. The normalized spacial score (nSPS) is 27.6. The number of rotatable bonds is 4. The second-order valence-electron chi connectivity index (χ2n) is 6.63. The third-order valence-corrected chi connectivity index (χ3v) is 4.82. The molecule has 0 bridgehead atoms. The van der Waals surface area contributed by atoms with Crippen molar-refractivity contribution in [2.45, 2.75) is 50.7 Å². The Hall–Kier alpha value is -1.31. The molecule has 0 radical (unpaired) electrons. The summed E-state index contributed by atoms with van der Waals surface area (Å²) in [5.41, 5.74) is 5.14. The van der Waals surface area contributed by atoms with Crippen LogP contribution in [0.25, 0.3) is 0 Å². The summed E-state index contributed by atoms with van der Waals surface area (Å²) in [4.78, 5) is 25.0. The molecule has 1 saturated heterocycles. The monoisotopic (exact) mass is 335 g/mol. The summed E-state index contributed by atoms with van der Waals surface area (Å²) in [5, 5.41) is 2.89. The lowest BCUT2D eigenvalue weighted by atomic mass is 9.80. The Labute approximate surface area is 133 Å². The summed E-state index contributed by atoms with van der Waals surface area (Å²) in [5.74, 6) is -2.54. The summed E-state index contributed by atoms with van der Waals surface area (Å²) in [6, 6.07) is -0.0297. The maximum Gasteiger partial charge on any atom is 0.391 e. The van der Waals surface area contributed by atoms with E-state index >= 15 is 0 Å². The van der Waals surface area contributed by atoms with Crippen LogP contribution < -0.4 is 11.1 Å². The number of nitrogens with zero attached hydrogens (tertiary/aromatic N) is 1. The van der Waals surface area contributed by atoms with E-state index in [-0.39, 0.29) is 37.2 Å². The van der Waals surface area contributed by atoms with Gasteiger partial charge in [-0.05, 0) is 32.1 Å². The van der Waals surface area contributed by atoms with Crippen molar-refractivity contribution in [3.63, 3.8) is 0 Å². The molecule has 8 heteroatoms. The first-order chi connectivity index (χ1) is 10.8. The number of hydrogen-bond acceptors (Lipinski definition) is 3. The Bertz CT molecular complexity index is 434. The van der Waals surface area contributed by atoms with E-state index in [1.807, 2.05) is 4.90 Å². The highest BCUT2D eigenvalue weighted by Crippen LogP contribution is 2.40. The van der Waals surface area contributed by atoms with Crippen LogP contribution in [0.5, 0.6) is 0 Å². The molecule has 0 aromatic rings. The van der Waals surface area contributed by atoms with Gasteiger partial charge in [-0.1, -0.05) is 6.42 Å². The highest BCUT2D eigenvalue weighted by molar-refractivity contribution is 5.79. The van der Waals surface area contributed by atoms with Gasteiger partial charge in [0.15, 0.2) is 0 Å². The Balaban J connectivity index is 1.78. The fourth-order valence-electron chi connectivity index (χ4n) is 3.50. The molecule has 2 amide bonds. The molecule has 1 heterocycles. The van der Waals surface area contributed by atoms with Gasteiger partial charge < -0.3 is 11.1 Å². The van der Waals surface area contributed by atoms with Crippen LogP contribution in [0, 0.1) is 11.8 Å². The molecule has 1 aliphatic carbocycles. The molecule has 0 aromatic heterocycles. The Morgan fingerprint density at radius 1 is 1.13 bits per heavy atom. The zero-order chi connectivity index (χ0) is 17.0. The summed E-state index contributed by atoms with van der Waals surface area (Å²) in [7, 11) is 0. The fraction of sp³-hybridized carbons (Fsp3) is 0.867. The van der Waals surface area contributed by atoms with Crippen molar-refractivity contribution in [2.24, 2.45) is 17.6 Å². The first-order valence-electron chi connectivity index (χ1n) is 8.13. The Morgan fingerprint density at radius 2 is 1.78 bits per heavy atom. The van der Waals surface area contributed by atoms with Crippen LogP contribution in [0.2, 0.25) is 0 Å². The number of likely N-dealkylation sites (tertiary alicyclic amines) is 1. The maximum absolute atomic E-state index is 12.8. The average Bonchev–Trinajstić information content (AvgIpc) is 2.48. The van der Waals surface area contributed by atoms with E-state index in [0.29, 0.717) is 38.8 Å². The van der Waals surface area contributed by atoms with Gasteiger partial charge in [0.25, 0.3) is 0 Å². The minimum absolute atomic E-state index is 0.0297. The van der Waals surface area contributed by atoms with E-state index < -0.39 is 18.0 Å². The van der Waals surface area contributed by atoms with Crippen LogP contribution >= 0.6 is 0 Å². The third-order valence-electron chi connectivity index (χ3n) is 4.82. The molecule has 0 unspecified atom stereocenters. The highest BCUT2D eigenvalue weighted by atomic mass is 19.4. The van der Waals surface area contributed by atoms with E-state index in [1.165, 1.54) is 0 Å². The van der Waals surface area contributed by atoms with Crippen LogP contribution in [-0.2, 0) is 9.59 Å². The van der Waals surface area contributed by atoms with Gasteiger partial charge in [0.2, 0.25) is 11.8 Å². The van der Waals surface area contributed by atoms with Gasteiger partial charge in [0, 0.05) is 25.0 Å². The van der Waals surface area contributed by atoms with E-state index in [2.05, 4.69) is 5.32 Å².